The first-order valence-corrected chi connectivity index (χ1v) is 7.15. The van der Waals surface area contributed by atoms with Gasteiger partial charge in [0.25, 0.3) is 10.1 Å². The Morgan fingerprint density at radius 1 is 1.06 bits per heavy atom. The molecule has 0 heterocycles. The van der Waals surface area contributed by atoms with Crippen molar-refractivity contribution in [1.29, 1.82) is 0 Å². The standard InChI is InChI=1S/C13H14O3S/c1-10(16-17(2,14)15)12-9-5-7-11-6-3-4-8-13(11)12/h3-10H,1-2H3. The van der Waals surface area contributed by atoms with E-state index in [1.807, 2.05) is 42.5 Å². The number of rotatable bonds is 3. The highest BCUT2D eigenvalue weighted by atomic mass is 32.2. The quantitative estimate of drug-likeness (QED) is 0.787. The zero-order valence-electron chi connectivity index (χ0n) is 9.75. The van der Waals surface area contributed by atoms with E-state index >= 15 is 0 Å². The van der Waals surface area contributed by atoms with Gasteiger partial charge in [0.05, 0.1) is 12.4 Å². The predicted molar refractivity (Wildman–Crippen MR) is 68.3 cm³/mol. The maximum absolute atomic E-state index is 11.1. The number of fused-ring (bicyclic) bond motifs is 1. The fourth-order valence-corrected chi connectivity index (χ4v) is 2.55. The predicted octanol–water partition coefficient (Wildman–Crippen LogP) is 2.88. The molecule has 17 heavy (non-hydrogen) atoms. The van der Waals surface area contributed by atoms with E-state index in [0.717, 1.165) is 22.6 Å². The van der Waals surface area contributed by atoms with Gasteiger partial charge in [-0.25, -0.2) is 0 Å². The summed E-state index contributed by atoms with van der Waals surface area (Å²) in [5.74, 6) is 0. The van der Waals surface area contributed by atoms with Gasteiger partial charge in [0.15, 0.2) is 0 Å². The Hall–Kier alpha value is -1.39. The molecule has 4 heteroatoms. The molecule has 0 saturated carbocycles. The van der Waals surface area contributed by atoms with E-state index < -0.39 is 16.2 Å². The lowest BCUT2D eigenvalue weighted by Crippen LogP contribution is -2.07. The SMILES string of the molecule is CC(OS(C)(=O)=O)c1cccc2ccccc12. The van der Waals surface area contributed by atoms with E-state index in [9.17, 15) is 8.42 Å². The molecule has 0 fully saturated rings. The first-order valence-electron chi connectivity index (χ1n) is 5.33. The maximum atomic E-state index is 11.1. The zero-order chi connectivity index (χ0) is 12.5. The second-order valence-electron chi connectivity index (χ2n) is 4.01. The van der Waals surface area contributed by atoms with Crippen molar-refractivity contribution >= 4 is 20.9 Å². The van der Waals surface area contributed by atoms with E-state index in [2.05, 4.69) is 0 Å². The van der Waals surface area contributed by atoms with Crippen molar-refractivity contribution in [1.82, 2.24) is 0 Å². The first-order chi connectivity index (χ1) is 7.97. The van der Waals surface area contributed by atoms with Crippen molar-refractivity contribution in [2.24, 2.45) is 0 Å². The van der Waals surface area contributed by atoms with Gasteiger partial charge in [0.1, 0.15) is 0 Å². The normalized spacial score (nSPS) is 13.8. The van der Waals surface area contributed by atoms with Crippen LogP contribution in [0.4, 0.5) is 0 Å². The van der Waals surface area contributed by atoms with Crippen LogP contribution in [0.5, 0.6) is 0 Å². The molecule has 0 N–H and O–H groups in total. The van der Waals surface area contributed by atoms with Gasteiger partial charge < -0.3 is 0 Å². The smallest absolute Gasteiger partial charge is 0.262 e. The summed E-state index contributed by atoms with van der Waals surface area (Å²) in [5.41, 5.74) is 0.883. The van der Waals surface area contributed by atoms with Gasteiger partial charge in [-0.1, -0.05) is 42.5 Å². The third kappa shape index (κ3) is 2.84. The highest BCUT2D eigenvalue weighted by Gasteiger charge is 2.14. The summed E-state index contributed by atoms with van der Waals surface area (Å²) in [7, 11) is -3.44. The monoisotopic (exact) mass is 250 g/mol. The lowest BCUT2D eigenvalue weighted by Gasteiger charge is -2.13. The van der Waals surface area contributed by atoms with Gasteiger partial charge in [-0.05, 0) is 23.3 Å². The number of hydrogen-bond acceptors (Lipinski definition) is 3. The van der Waals surface area contributed by atoms with E-state index in [0.29, 0.717) is 0 Å². The Morgan fingerprint density at radius 2 is 1.71 bits per heavy atom. The molecule has 0 amide bonds. The van der Waals surface area contributed by atoms with Gasteiger partial charge in [0.2, 0.25) is 0 Å². The molecule has 0 aliphatic rings. The molecular weight excluding hydrogens is 236 g/mol. The summed E-state index contributed by atoms with van der Waals surface area (Å²) in [4.78, 5) is 0. The van der Waals surface area contributed by atoms with Gasteiger partial charge in [-0.2, -0.15) is 8.42 Å². The van der Waals surface area contributed by atoms with Crippen LogP contribution < -0.4 is 0 Å². The lowest BCUT2D eigenvalue weighted by molar-refractivity contribution is 0.238. The van der Waals surface area contributed by atoms with E-state index in [1.54, 1.807) is 6.92 Å². The second-order valence-corrected chi connectivity index (χ2v) is 5.61. The summed E-state index contributed by atoms with van der Waals surface area (Å²) in [6, 6.07) is 13.6. The van der Waals surface area contributed by atoms with Crippen LogP contribution in [0, 0.1) is 0 Å². The van der Waals surface area contributed by atoms with Crippen LogP contribution in [0.15, 0.2) is 42.5 Å². The maximum Gasteiger partial charge on any atom is 0.264 e. The molecule has 1 unspecified atom stereocenters. The molecule has 0 aliphatic heterocycles. The molecule has 0 aliphatic carbocycles. The lowest BCUT2D eigenvalue weighted by atomic mass is 10.0. The largest absolute Gasteiger partial charge is 0.264 e. The van der Waals surface area contributed by atoms with Crippen molar-refractivity contribution in [3.63, 3.8) is 0 Å². The van der Waals surface area contributed by atoms with Gasteiger partial charge in [-0.15, -0.1) is 0 Å². The summed E-state index contributed by atoms with van der Waals surface area (Å²) >= 11 is 0. The fraction of sp³-hybridized carbons (Fsp3) is 0.231. The van der Waals surface area contributed by atoms with Crippen molar-refractivity contribution in [2.75, 3.05) is 6.26 Å². The Labute approximate surface area is 101 Å². The zero-order valence-corrected chi connectivity index (χ0v) is 10.6. The molecule has 0 saturated heterocycles. The van der Waals surface area contributed by atoms with Gasteiger partial charge in [0, 0.05) is 0 Å². The van der Waals surface area contributed by atoms with E-state index in [-0.39, 0.29) is 0 Å². The Morgan fingerprint density at radius 3 is 2.41 bits per heavy atom. The van der Waals surface area contributed by atoms with E-state index in [4.69, 9.17) is 4.18 Å². The molecular formula is C13H14O3S. The van der Waals surface area contributed by atoms with Crippen molar-refractivity contribution < 1.29 is 12.6 Å². The Bertz CT molecular complexity index is 627. The van der Waals surface area contributed by atoms with Crippen LogP contribution in [0.2, 0.25) is 0 Å². The summed E-state index contributed by atoms with van der Waals surface area (Å²) in [6.45, 7) is 1.74. The molecule has 1 atom stereocenters. The third-order valence-electron chi connectivity index (χ3n) is 2.58. The van der Waals surface area contributed by atoms with Gasteiger partial charge in [-0.3, -0.25) is 4.18 Å². The van der Waals surface area contributed by atoms with Crippen molar-refractivity contribution in [2.45, 2.75) is 13.0 Å². The molecule has 0 aromatic heterocycles. The molecule has 0 spiro atoms. The summed E-state index contributed by atoms with van der Waals surface area (Å²) < 4.78 is 27.3. The Kier molecular flexibility index (Phi) is 3.17. The van der Waals surface area contributed by atoms with Crippen LogP contribution in [-0.2, 0) is 14.3 Å². The molecule has 2 aromatic carbocycles. The van der Waals surface area contributed by atoms with E-state index in [1.165, 1.54) is 0 Å². The summed E-state index contributed by atoms with van der Waals surface area (Å²) in [5, 5.41) is 2.10. The van der Waals surface area contributed by atoms with Crippen LogP contribution in [0.1, 0.15) is 18.6 Å². The average Bonchev–Trinajstić information content (AvgIpc) is 2.26. The number of hydrogen-bond donors (Lipinski definition) is 0. The third-order valence-corrected chi connectivity index (χ3v) is 3.22. The van der Waals surface area contributed by atoms with Crippen LogP contribution in [0.25, 0.3) is 10.8 Å². The highest BCUT2D eigenvalue weighted by Crippen LogP contribution is 2.27. The van der Waals surface area contributed by atoms with Crippen LogP contribution in [0.3, 0.4) is 0 Å². The topological polar surface area (TPSA) is 43.4 Å². The average molecular weight is 250 g/mol. The fourth-order valence-electron chi connectivity index (χ4n) is 1.92. The number of benzene rings is 2. The van der Waals surface area contributed by atoms with Gasteiger partial charge >= 0.3 is 0 Å². The molecule has 0 bridgehead atoms. The molecule has 2 rings (SSSR count). The molecule has 0 radical (unpaired) electrons. The minimum atomic E-state index is -3.44. The molecule has 90 valence electrons. The Balaban J connectivity index is 2.48. The highest BCUT2D eigenvalue weighted by molar-refractivity contribution is 7.86. The van der Waals surface area contributed by atoms with Crippen molar-refractivity contribution in [3.8, 4) is 0 Å². The van der Waals surface area contributed by atoms with Crippen LogP contribution in [-0.4, -0.2) is 14.7 Å². The second kappa shape index (κ2) is 4.47. The van der Waals surface area contributed by atoms with Crippen LogP contribution >= 0.6 is 0 Å². The molecule has 2 aromatic rings. The minimum Gasteiger partial charge on any atom is -0.262 e. The minimum absolute atomic E-state index is 0.476. The molecule has 3 nitrogen and oxygen atoms in total. The first kappa shape index (κ1) is 12.1. The summed E-state index contributed by atoms with van der Waals surface area (Å²) in [6.07, 6.45) is 0.588. The van der Waals surface area contributed by atoms with Crippen molar-refractivity contribution in [3.05, 3.63) is 48.0 Å².